The van der Waals surface area contributed by atoms with Gasteiger partial charge in [0.2, 0.25) is 0 Å². The van der Waals surface area contributed by atoms with E-state index in [2.05, 4.69) is 31.0 Å². The molecule has 3 heterocycles. The van der Waals surface area contributed by atoms with Crippen LogP contribution in [0.5, 0.6) is 5.75 Å². The molecule has 0 aromatic heterocycles. The van der Waals surface area contributed by atoms with E-state index in [1.807, 2.05) is 30.3 Å². The molecule has 0 unspecified atom stereocenters. The molecule has 2 atom stereocenters. The number of halogens is 1. The second-order valence-electron chi connectivity index (χ2n) is 11.1. The van der Waals surface area contributed by atoms with Crippen molar-refractivity contribution in [1.82, 2.24) is 10.2 Å². The fourth-order valence-electron chi connectivity index (χ4n) is 5.92. The second kappa shape index (κ2) is 9.81. The Morgan fingerprint density at radius 2 is 1.91 bits per heavy atom. The van der Waals surface area contributed by atoms with Crippen LogP contribution in [0.4, 0.5) is 9.18 Å². The van der Waals surface area contributed by atoms with E-state index in [1.54, 1.807) is 6.07 Å². The molecule has 35 heavy (non-hydrogen) atoms. The zero-order valence-electron chi connectivity index (χ0n) is 21.1. The third-order valence-corrected chi connectivity index (χ3v) is 8.11. The summed E-state index contributed by atoms with van der Waals surface area (Å²) in [6.07, 6.45) is 4.44. The number of rotatable bonds is 6. The Hall–Kier alpha value is -2.60. The van der Waals surface area contributed by atoms with Crippen LogP contribution < -0.4 is 10.1 Å². The van der Waals surface area contributed by atoms with Crippen molar-refractivity contribution in [1.29, 1.82) is 0 Å². The summed E-state index contributed by atoms with van der Waals surface area (Å²) < 4.78 is 27.0. The van der Waals surface area contributed by atoms with Gasteiger partial charge in [0.25, 0.3) is 0 Å². The summed E-state index contributed by atoms with van der Waals surface area (Å²) in [6, 6.07) is 10.9. The van der Waals surface area contributed by atoms with Crippen LogP contribution in [0.2, 0.25) is 0 Å². The number of fused-ring (bicyclic) bond motifs is 4. The zero-order chi connectivity index (χ0) is 24.6. The van der Waals surface area contributed by atoms with Gasteiger partial charge in [0.15, 0.2) is 0 Å². The van der Waals surface area contributed by atoms with Crippen LogP contribution in [-0.2, 0) is 11.2 Å². The quantitative estimate of drug-likeness (QED) is 0.542. The number of aryl methyl sites for hydroxylation is 1. The highest BCUT2D eigenvalue weighted by Gasteiger charge is 2.40. The molecule has 6 heteroatoms. The maximum absolute atomic E-state index is 15.4. The molecule has 4 aliphatic rings. The molecule has 5 nitrogen and oxygen atoms in total. The van der Waals surface area contributed by atoms with E-state index >= 15 is 4.39 Å². The summed E-state index contributed by atoms with van der Waals surface area (Å²) in [5.41, 5.74) is 3.15. The minimum Gasteiger partial charge on any atom is -0.494 e. The van der Waals surface area contributed by atoms with E-state index in [0.717, 1.165) is 74.2 Å². The summed E-state index contributed by atoms with van der Waals surface area (Å²) in [5, 5.41) is 3.12. The first-order chi connectivity index (χ1) is 16.8. The van der Waals surface area contributed by atoms with Gasteiger partial charge < -0.3 is 14.8 Å². The monoisotopic (exact) mass is 480 g/mol. The van der Waals surface area contributed by atoms with Crippen molar-refractivity contribution in [2.24, 2.45) is 11.3 Å². The van der Waals surface area contributed by atoms with E-state index in [4.69, 9.17) is 9.47 Å². The van der Waals surface area contributed by atoms with Crippen molar-refractivity contribution >= 4 is 6.09 Å². The van der Waals surface area contributed by atoms with Crippen LogP contribution in [0.1, 0.15) is 63.6 Å². The lowest BCUT2D eigenvalue weighted by Crippen LogP contribution is -2.53. The van der Waals surface area contributed by atoms with E-state index in [1.165, 1.54) is 0 Å². The predicted octanol–water partition coefficient (Wildman–Crippen LogP) is 6.12. The Bertz CT molecular complexity index is 1060. The number of nitrogens with zero attached hydrogens (tertiary/aromatic N) is 1. The van der Waals surface area contributed by atoms with Crippen LogP contribution in [0.3, 0.4) is 0 Å². The third kappa shape index (κ3) is 5.04. The molecule has 188 valence electrons. The average molecular weight is 481 g/mol. The number of alkyl carbamates (subject to hydrolysis) is 1. The van der Waals surface area contributed by atoms with Crippen LogP contribution in [0.25, 0.3) is 11.1 Å². The van der Waals surface area contributed by atoms with Gasteiger partial charge in [-0.1, -0.05) is 32.9 Å². The first-order valence-corrected chi connectivity index (χ1v) is 13.1. The van der Waals surface area contributed by atoms with Crippen LogP contribution in [0.15, 0.2) is 36.4 Å². The molecule has 0 saturated carbocycles. The molecule has 2 bridgehead atoms. The topological polar surface area (TPSA) is 50.8 Å². The molecule has 6 rings (SSSR count). The summed E-state index contributed by atoms with van der Waals surface area (Å²) in [6.45, 7) is 10.0. The normalized spacial score (nSPS) is 26.6. The van der Waals surface area contributed by atoms with Gasteiger partial charge in [0.1, 0.15) is 17.7 Å². The molecule has 0 spiro atoms. The maximum atomic E-state index is 15.4. The fraction of sp³-hybridized carbons (Fsp3) is 0.552. The third-order valence-electron chi connectivity index (χ3n) is 8.11. The molecule has 3 fully saturated rings. The van der Waals surface area contributed by atoms with Crippen molar-refractivity contribution in [2.75, 3.05) is 26.2 Å². The SMILES string of the molecule is CCCOc1ccc(-c2cc3c(cc2F)[C@H](NC(=O)O[C@@H]2CN4CCC2CC4)C(C)(C)CC3)cc1. The van der Waals surface area contributed by atoms with E-state index in [9.17, 15) is 4.79 Å². The highest BCUT2D eigenvalue weighted by atomic mass is 19.1. The van der Waals surface area contributed by atoms with Crippen molar-refractivity contribution < 1.29 is 18.7 Å². The van der Waals surface area contributed by atoms with Crippen molar-refractivity contribution in [3.05, 3.63) is 53.3 Å². The van der Waals surface area contributed by atoms with E-state index in [-0.39, 0.29) is 29.5 Å². The number of benzene rings is 2. The predicted molar refractivity (Wildman–Crippen MR) is 135 cm³/mol. The second-order valence-corrected chi connectivity index (χ2v) is 11.1. The Labute approximate surface area is 208 Å². The number of hydrogen-bond acceptors (Lipinski definition) is 4. The minimum absolute atomic E-state index is 0.0490. The summed E-state index contributed by atoms with van der Waals surface area (Å²) >= 11 is 0. The van der Waals surface area contributed by atoms with E-state index < -0.39 is 0 Å². The molecule has 2 aromatic rings. The highest BCUT2D eigenvalue weighted by Crippen LogP contribution is 2.45. The molecule has 1 amide bonds. The Morgan fingerprint density at radius 3 is 2.57 bits per heavy atom. The van der Waals surface area contributed by atoms with Crippen molar-refractivity contribution in [3.8, 4) is 16.9 Å². The minimum atomic E-state index is -0.387. The lowest BCUT2D eigenvalue weighted by molar-refractivity contribution is -0.0353. The summed E-state index contributed by atoms with van der Waals surface area (Å²) in [7, 11) is 0. The van der Waals surface area contributed by atoms with Crippen molar-refractivity contribution in [2.45, 2.75) is 65.0 Å². The number of carbonyl (C=O) groups excluding carboxylic acids is 1. The van der Waals surface area contributed by atoms with Gasteiger partial charge in [-0.25, -0.2) is 9.18 Å². The smallest absolute Gasteiger partial charge is 0.407 e. The maximum Gasteiger partial charge on any atom is 0.407 e. The number of nitrogens with one attached hydrogen (secondary N) is 1. The van der Waals surface area contributed by atoms with E-state index in [0.29, 0.717) is 18.1 Å². The Morgan fingerprint density at radius 1 is 1.17 bits per heavy atom. The van der Waals surface area contributed by atoms with Gasteiger partial charge in [0, 0.05) is 12.1 Å². The molecule has 0 radical (unpaired) electrons. The molecular formula is C29H37FN2O3. The first-order valence-electron chi connectivity index (χ1n) is 13.1. The molecule has 3 saturated heterocycles. The summed E-state index contributed by atoms with van der Waals surface area (Å²) in [5.74, 6) is 0.971. The molecular weight excluding hydrogens is 443 g/mol. The van der Waals surface area contributed by atoms with Gasteiger partial charge in [0.05, 0.1) is 12.6 Å². The molecule has 3 aliphatic heterocycles. The number of hydrogen-bond donors (Lipinski definition) is 1. The fourth-order valence-corrected chi connectivity index (χ4v) is 5.92. The van der Waals surface area contributed by atoms with Gasteiger partial charge in [-0.3, -0.25) is 4.90 Å². The van der Waals surface area contributed by atoms with Gasteiger partial charge >= 0.3 is 6.09 Å². The Kier molecular flexibility index (Phi) is 6.75. The highest BCUT2D eigenvalue weighted by molar-refractivity contribution is 5.70. The van der Waals surface area contributed by atoms with Crippen LogP contribution >= 0.6 is 0 Å². The Balaban J connectivity index is 1.35. The van der Waals surface area contributed by atoms with Crippen molar-refractivity contribution in [3.63, 3.8) is 0 Å². The standard InChI is InChI=1S/C29H37FN2O3/c1-4-15-34-22-7-5-19(6-8-22)23-16-21-9-12-29(2,3)27(24(21)17-25(23)30)31-28(33)35-26-18-32-13-10-20(26)11-14-32/h5-8,16-17,20,26-27H,4,9-15,18H2,1-3H3,(H,31,33)/t26-,27+/m1/s1. The number of piperidine rings is 3. The number of ether oxygens (including phenoxy) is 2. The van der Waals surface area contributed by atoms with Crippen LogP contribution in [-0.4, -0.2) is 43.3 Å². The van der Waals surface area contributed by atoms with Gasteiger partial charge in [-0.15, -0.1) is 0 Å². The summed E-state index contributed by atoms with van der Waals surface area (Å²) in [4.78, 5) is 15.3. The zero-order valence-corrected chi connectivity index (χ0v) is 21.1. The molecule has 2 aromatic carbocycles. The number of carbonyl (C=O) groups is 1. The molecule has 1 aliphatic carbocycles. The van der Waals surface area contributed by atoms with Gasteiger partial charge in [-0.2, -0.15) is 0 Å². The first kappa shape index (κ1) is 24.1. The lowest BCUT2D eigenvalue weighted by Gasteiger charge is -2.44. The molecule has 1 N–H and O–H groups in total. The van der Waals surface area contributed by atoms with Crippen LogP contribution in [0, 0.1) is 17.2 Å². The lowest BCUT2D eigenvalue weighted by atomic mass is 9.70. The van der Waals surface area contributed by atoms with Gasteiger partial charge in [-0.05, 0) is 97.5 Å². The average Bonchev–Trinajstić information content (AvgIpc) is 2.85. The number of amides is 1. The largest absolute Gasteiger partial charge is 0.494 e.